The topological polar surface area (TPSA) is 30.0 Å². The van der Waals surface area contributed by atoms with Crippen LogP contribution < -0.4 is 0 Å². The Bertz CT molecular complexity index is 343. The average molecular weight is 223 g/mol. The first-order valence-electron chi connectivity index (χ1n) is 3.89. The van der Waals surface area contributed by atoms with E-state index in [9.17, 15) is 18.0 Å². The molecule has 0 radical (unpaired) electrons. The largest absolute Gasteiger partial charge is 0.443 e. The van der Waals surface area contributed by atoms with E-state index in [2.05, 4.69) is 4.98 Å². The minimum absolute atomic E-state index is 0.0623. The van der Waals surface area contributed by atoms with Gasteiger partial charge in [-0.1, -0.05) is 13.8 Å². The van der Waals surface area contributed by atoms with Crippen molar-refractivity contribution in [2.45, 2.75) is 20.0 Å². The lowest BCUT2D eigenvalue weighted by atomic mass is 10.1. The molecule has 0 N–H and O–H groups in total. The van der Waals surface area contributed by atoms with Crippen molar-refractivity contribution in [3.05, 3.63) is 16.1 Å². The van der Waals surface area contributed by atoms with Crippen LogP contribution >= 0.6 is 11.3 Å². The molecule has 0 saturated carbocycles. The summed E-state index contributed by atoms with van der Waals surface area (Å²) in [6.45, 7) is 3.27. The number of carbonyl (C=O) groups excluding carboxylic acids is 1. The molecule has 1 aromatic rings. The van der Waals surface area contributed by atoms with Crippen LogP contribution in [0.4, 0.5) is 13.2 Å². The Kier molecular flexibility index (Phi) is 2.94. The molecule has 0 aliphatic rings. The molecule has 0 bridgehead atoms. The Balaban J connectivity index is 2.95. The Labute approximate surface area is 82.8 Å². The SMILES string of the molecule is CC(C)C(=O)c1cnc(C(F)(F)F)s1. The summed E-state index contributed by atoms with van der Waals surface area (Å²) in [6, 6.07) is 0. The Hall–Kier alpha value is -0.910. The van der Waals surface area contributed by atoms with Crippen LogP contribution in [0.25, 0.3) is 0 Å². The first-order chi connectivity index (χ1) is 6.32. The van der Waals surface area contributed by atoms with E-state index in [0.29, 0.717) is 11.3 Å². The number of ketones is 1. The van der Waals surface area contributed by atoms with Gasteiger partial charge >= 0.3 is 6.18 Å². The van der Waals surface area contributed by atoms with E-state index in [1.165, 1.54) is 0 Å². The van der Waals surface area contributed by atoms with Crippen molar-refractivity contribution in [2.75, 3.05) is 0 Å². The van der Waals surface area contributed by atoms with Crippen LogP contribution in [-0.2, 0) is 6.18 Å². The van der Waals surface area contributed by atoms with Gasteiger partial charge in [0.05, 0.1) is 4.88 Å². The Morgan fingerprint density at radius 3 is 2.43 bits per heavy atom. The van der Waals surface area contributed by atoms with Gasteiger partial charge in [-0.2, -0.15) is 13.2 Å². The first kappa shape index (κ1) is 11.2. The molecule has 1 rings (SSSR count). The summed E-state index contributed by atoms with van der Waals surface area (Å²) >= 11 is 0.391. The summed E-state index contributed by atoms with van der Waals surface area (Å²) in [5.41, 5.74) is 0. The lowest BCUT2D eigenvalue weighted by molar-refractivity contribution is -0.137. The minimum atomic E-state index is -4.46. The molecule has 0 spiro atoms. The summed E-state index contributed by atoms with van der Waals surface area (Å²) in [5.74, 6) is -0.616. The fourth-order valence-corrected chi connectivity index (χ4v) is 1.67. The third kappa shape index (κ3) is 2.31. The van der Waals surface area contributed by atoms with Crippen LogP contribution in [0.3, 0.4) is 0 Å². The fourth-order valence-electron chi connectivity index (χ4n) is 0.804. The van der Waals surface area contributed by atoms with E-state index in [-0.39, 0.29) is 16.6 Å². The molecule has 0 atom stereocenters. The molecular formula is C8H8F3NOS. The van der Waals surface area contributed by atoms with Crippen LogP contribution in [0.1, 0.15) is 28.5 Å². The van der Waals surface area contributed by atoms with Crippen LogP contribution in [0.5, 0.6) is 0 Å². The highest BCUT2D eigenvalue weighted by molar-refractivity contribution is 7.13. The van der Waals surface area contributed by atoms with E-state index < -0.39 is 11.2 Å². The summed E-state index contributed by atoms with van der Waals surface area (Å²) in [4.78, 5) is 14.5. The fraction of sp³-hybridized carbons (Fsp3) is 0.500. The van der Waals surface area contributed by atoms with E-state index >= 15 is 0 Å². The molecule has 6 heteroatoms. The smallest absolute Gasteiger partial charge is 0.293 e. The van der Waals surface area contributed by atoms with Crippen LogP contribution in [0.2, 0.25) is 0 Å². The highest BCUT2D eigenvalue weighted by Gasteiger charge is 2.35. The quantitative estimate of drug-likeness (QED) is 0.721. The third-order valence-electron chi connectivity index (χ3n) is 1.52. The second kappa shape index (κ2) is 3.68. The predicted molar refractivity (Wildman–Crippen MR) is 46.3 cm³/mol. The monoisotopic (exact) mass is 223 g/mol. The van der Waals surface area contributed by atoms with Crippen molar-refractivity contribution in [1.82, 2.24) is 4.98 Å². The molecule has 0 aromatic carbocycles. The number of hydrogen-bond donors (Lipinski definition) is 0. The zero-order chi connectivity index (χ0) is 10.9. The first-order valence-corrected chi connectivity index (χ1v) is 4.71. The number of rotatable bonds is 2. The highest BCUT2D eigenvalue weighted by Crippen LogP contribution is 2.32. The van der Waals surface area contributed by atoms with Gasteiger partial charge in [-0.3, -0.25) is 4.79 Å². The van der Waals surface area contributed by atoms with Crippen molar-refractivity contribution >= 4 is 17.1 Å². The second-order valence-electron chi connectivity index (χ2n) is 3.05. The maximum atomic E-state index is 12.1. The molecule has 0 saturated heterocycles. The molecule has 0 aliphatic carbocycles. The maximum Gasteiger partial charge on any atom is 0.443 e. The molecule has 0 fully saturated rings. The number of aromatic nitrogens is 1. The zero-order valence-electron chi connectivity index (χ0n) is 7.55. The summed E-state index contributed by atoms with van der Waals surface area (Å²) < 4.78 is 36.3. The van der Waals surface area contributed by atoms with Gasteiger partial charge in [0.2, 0.25) is 0 Å². The molecule has 78 valence electrons. The average Bonchev–Trinajstić information content (AvgIpc) is 2.49. The van der Waals surface area contributed by atoms with Crippen LogP contribution in [0.15, 0.2) is 6.20 Å². The molecular weight excluding hydrogens is 215 g/mol. The van der Waals surface area contributed by atoms with Crippen molar-refractivity contribution in [3.63, 3.8) is 0 Å². The normalized spacial score (nSPS) is 12.1. The number of nitrogens with zero attached hydrogens (tertiary/aromatic N) is 1. The van der Waals surface area contributed by atoms with Gasteiger partial charge in [-0.15, -0.1) is 11.3 Å². The number of halogens is 3. The Morgan fingerprint density at radius 2 is 2.07 bits per heavy atom. The number of thiazole rings is 1. The van der Waals surface area contributed by atoms with Gasteiger partial charge in [-0.25, -0.2) is 4.98 Å². The van der Waals surface area contributed by atoms with E-state index in [4.69, 9.17) is 0 Å². The Morgan fingerprint density at radius 1 is 1.50 bits per heavy atom. The number of Topliss-reactive ketones (excluding diaryl/α,β-unsaturated/α-hetero) is 1. The van der Waals surface area contributed by atoms with Gasteiger partial charge in [0, 0.05) is 12.1 Å². The zero-order valence-corrected chi connectivity index (χ0v) is 8.37. The molecule has 14 heavy (non-hydrogen) atoms. The third-order valence-corrected chi connectivity index (χ3v) is 2.57. The van der Waals surface area contributed by atoms with Crippen molar-refractivity contribution in [2.24, 2.45) is 5.92 Å². The van der Waals surface area contributed by atoms with Crippen molar-refractivity contribution in [1.29, 1.82) is 0 Å². The number of alkyl halides is 3. The molecule has 1 heterocycles. The maximum absolute atomic E-state index is 12.1. The van der Waals surface area contributed by atoms with Crippen molar-refractivity contribution in [3.8, 4) is 0 Å². The lowest BCUT2D eigenvalue weighted by Crippen LogP contribution is -2.05. The molecule has 0 aliphatic heterocycles. The van der Waals surface area contributed by atoms with Gasteiger partial charge in [0.1, 0.15) is 0 Å². The summed E-state index contributed by atoms with van der Waals surface area (Å²) in [6.07, 6.45) is -3.48. The van der Waals surface area contributed by atoms with E-state index in [1.54, 1.807) is 13.8 Å². The summed E-state index contributed by atoms with van der Waals surface area (Å²) in [7, 11) is 0. The van der Waals surface area contributed by atoms with Gasteiger partial charge in [0.25, 0.3) is 0 Å². The summed E-state index contributed by atoms with van der Waals surface area (Å²) in [5, 5.41) is -0.971. The molecule has 2 nitrogen and oxygen atoms in total. The number of carbonyl (C=O) groups is 1. The van der Waals surface area contributed by atoms with Gasteiger partial charge < -0.3 is 0 Å². The van der Waals surface area contributed by atoms with Gasteiger partial charge in [0.15, 0.2) is 10.8 Å². The molecule has 1 aromatic heterocycles. The van der Waals surface area contributed by atoms with E-state index in [1.807, 2.05) is 0 Å². The minimum Gasteiger partial charge on any atom is -0.293 e. The van der Waals surface area contributed by atoms with Crippen LogP contribution in [0, 0.1) is 5.92 Å². The number of hydrogen-bond acceptors (Lipinski definition) is 3. The standard InChI is InChI=1S/C8H8F3NOS/c1-4(2)6(13)5-3-12-7(14-5)8(9,10)11/h3-4H,1-2H3. The molecule has 0 amide bonds. The van der Waals surface area contributed by atoms with E-state index in [0.717, 1.165) is 6.20 Å². The highest BCUT2D eigenvalue weighted by atomic mass is 32.1. The van der Waals surface area contributed by atoms with Crippen molar-refractivity contribution < 1.29 is 18.0 Å². The van der Waals surface area contributed by atoms with Crippen LogP contribution in [-0.4, -0.2) is 10.8 Å². The predicted octanol–water partition coefficient (Wildman–Crippen LogP) is 3.00. The van der Waals surface area contributed by atoms with Gasteiger partial charge in [-0.05, 0) is 0 Å². The second-order valence-corrected chi connectivity index (χ2v) is 4.08. The molecule has 0 unspecified atom stereocenters. The lowest BCUT2D eigenvalue weighted by Gasteiger charge is -2.00.